The van der Waals surface area contributed by atoms with E-state index in [0.717, 1.165) is 5.71 Å². The molecular formula is C5H7N3. The Hall–Kier alpha value is -1.12. The number of hydrogen-bond acceptors (Lipinski definition) is 3. The average molecular weight is 109 g/mol. The van der Waals surface area contributed by atoms with Gasteiger partial charge in [-0.3, -0.25) is 0 Å². The van der Waals surface area contributed by atoms with Crippen molar-refractivity contribution in [1.82, 2.24) is 5.53 Å². The molecule has 0 atom stereocenters. The third-order valence-electron chi connectivity index (χ3n) is 0.782. The van der Waals surface area contributed by atoms with E-state index in [1.54, 1.807) is 6.21 Å². The van der Waals surface area contributed by atoms with Crippen LogP contribution in [0.5, 0.6) is 0 Å². The average Bonchev–Trinajstić information content (AvgIpc) is 1.94. The molecule has 1 aliphatic rings. The molecule has 0 fully saturated rings. The predicted molar refractivity (Wildman–Crippen MR) is 33.9 cm³/mol. The second kappa shape index (κ2) is 2.26. The van der Waals surface area contributed by atoms with Crippen LogP contribution in [0.2, 0.25) is 0 Å². The minimum atomic E-state index is 0.933. The summed E-state index contributed by atoms with van der Waals surface area (Å²) in [4.78, 5) is 0. The third-order valence-corrected chi connectivity index (χ3v) is 0.782. The van der Waals surface area contributed by atoms with Crippen molar-refractivity contribution in [2.24, 2.45) is 10.2 Å². The van der Waals surface area contributed by atoms with Gasteiger partial charge in [0.05, 0.1) is 5.71 Å². The van der Waals surface area contributed by atoms with Crippen LogP contribution in [0.1, 0.15) is 6.92 Å². The normalized spacial score (nSPS) is 16.9. The lowest BCUT2D eigenvalue weighted by Gasteiger charge is -1.85. The van der Waals surface area contributed by atoms with E-state index < -0.39 is 0 Å². The zero-order valence-electron chi connectivity index (χ0n) is 4.63. The van der Waals surface area contributed by atoms with E-state index in [1.807, 2.05) is 19.1 Å². The Morgan fingerprint density at radius 1 is 1.62 bits per heavy atom. The Balaban J connectivity index is 2.69. The summed E-state index contributed by atoms with van der Waals surface area (Å²) in [6.45, 7) is 1.90. The molecule has 1 rings (SSSR count). The first-order valence-electron chi connectivity index (χ1n) is 2.38. The molecule has 3 nitrogen and oxygen atoms in total. The second-order valence-electron chi connectivity index (χ2n) is 1.49. The molecule has 8 heavy (non-hydrogen) atoms. The van der Waals surface area contributed by atoms with Crippen LogP contribution in [-0.4, -0.2) is 11.9 Å². The minimum absolute atomic E-state index is 0.933. The monoisotopic (exact) mass is 109 g/mol. The topological polar surface area (TPSA) is 36.8 Å². The van der Waals surface area contributed by atoms with Crippen molar-refractivity contribution >= 4 is 11.9 Å². The molecule has 0 aromatic carbocycles. The van der Waals surface area contributed by atoms with Crippen molar-refractivity contribution in [3.63, 3.8) is 0 Å². The summed E-state index contributed by atoms with van der Waals surface area (Å²) in [5.74, 6) is 0. The Morgan fingerprint density at radius 2 is 2.50 bits per heavy atom. The number of rotatable bonds is 0. The van der Waals surface area contributed by atoms with E-state index in [-0.39, 0.29) is 0 Å². The van der Waals surface area contributed by atoms with Gasteiger partial charge in [-0.15, -0.1) is 0 Å². The van der Waals surface area contributed by atoms with Crippen LogP contribution in [0.4, 0.5) is 0 Å². The van der Waals surface area contributed by atoms with Crippen LogP contribution in [0, 0.1) is 0 Å². The Morgan fingerprint density at radius 3 is 3.38 bits per heavy atom. The molecule has 3 heteroatoms. The van der Waals surface area contributed by atoms with E-state index in [4.69, 9.17) is 0 Å². The lowest BCUT2D eigenvalue weighted by atomic mass is 10.4. The van der Waals surface area contributed by atoms with Crippen molar-refractivity contribution in [3.8, 4) is 0 Å². The van der Waals surface area contributed by atoms with E-state index >= 15 is 0 Å². The van der Waals surface area contributed by atoms with E-state index in [1.165, 1.54) is 0 Å². The van der Waals surface area contributed by atoms with Gasteiger partial charge in [-0.05, 0) is 19.1 Å². The van der Waals surface area contributed by atoms with Gasteiger partial charge in [-0.1, -0.05) is 0 Å². The fourth-order valence-corrected chi connectivity index (χ4v) is 0.404. The molecule has 1 N–H and O–H groups in total. The Kier molecular flexibility index (Phi) is 1.42. The second-order valence-corrected chi connectivity index (χ2v) is 1.49. The van der Waals surface area contributed by atoms with Crippen molar-refractivity contribution in [3.05, 3.63) is 12.2 Å². The molecule has 0 radical (unpaired) electrons. The first-order valence-corrected chi connectivity index (χ1v) is 2.38. The SMILES string of the molecule is CC1=NNN=CC=C1. The maximum atomic E-state index is 3.81. The summed E-state index contributed by atoms with van der Waals surface area (Å²) in [6.07, 6.45) is 5.36. The van der Waals surface area contributed by atoms with Crippen LogP contribution < -0.4 is 5.53 Å². The number of hydrogen-bond donors (Lipinski definition) is 1. The number of hydrazone groups is 2. The van der Waals surface area contributed by atoms with Crippen LogP contribution in [0.3, 0.4) is 0 Å². The molecule has 0 saturated carbocycles. The first kappa shape index (κ1) is 5.03. The lowest BCUT2D eigenvalue weighted by molar-refractivity contribution is 0.816. The fourth-order valence-electron chi connectivity index (χ4n) is 0.404. The minimum Gasteiger partial charge on any atom is -0.198 e. The van der Waals surface area contributed by atoms with Gasteiger partial charge >= 0.3 is 0 Å². The molecule has 0 aromatic rings. The highest BCUT2D eigenvalue weighted by Gasteiger charge is 1.81. The zero-order chi connectivity index (χ0) is 5.82. The third kappa shape index (κ3) is 1.18. The molecule has 0 amide bonds. The van der Waals surface area contributed by atoms with E-state index in [0.29, 0.717) is 0 Å². The van der Waals surface area contributed by atoms with Crippen molar-refractivity contribution < 1.29 is 0 Å². The lowest BCUT2D eigenvalue weighted by Crippen LogP contribution is -1.95. The zero-order valence-corrected chi connectivity index (χ0v) is 4.63. The molecule has 42 valence electrons. The largest absolute Gasteiger partial charge is 0.198 e. The molecule has 0 saturated heterocycles. The number of nitrogens with zero attached hydrogens (tertiary/aromatic N) is 2. The molecule has 1 heterocycles. The molecule has 1 aliphatic heterocycles. The van der Waals surface area contributed by atoms with E-state index in [2.05, 4.69) is 15.7 Å². The summed E-state index contributed by atoms with van der Waals surface area (Å²) >= 11 is 0. The fraction of sp³-hybridized carbons (Fsp3) is 0.200. The first-order chi connectivity index (χ1) is 3.89. The van der Waals surface area contributed by atoms with Gasteiger partial charge in [-0.2, -0.15) is 15.7 Å². The summed E-state index contributed by atoms with van der Waals surface area (Å²) in [5.41, 5.74) is 3.42. The molecule has 0 bridgehead atoms. The quantitative estimate of drug-likeness (QED) is 0.483. The molecular weight excluding hydrogens is 102 g/mol. The van der Waals surface area contributed by atoms with Crippen LogP contribution in [0.15, 0.2) is 22.4 Å². The molecule has 0 unspecified atom stereocenters. The van der Waals surface area contributed by atoms with Gasteiger partial charge in [0, 0.05) is 6.21 Å². The highest BCUT2D eigenvalue weighted by molar-refractivity contribution is 5.96. The van der Waals surface area contributed by atoms with Gasteiger partial charge in [0.15, 0.2) is 0 Å². The number of nitrogens with one attached hydrogen (secondary N) is 1. The summed E-state index contributed by atoms with van der Waals surface area (Å²) in [7, 11) is 0. The smallest absolute Gasteiger partial charge is 0.0593 e. The van der Waals surface area contributed by atoms with Gasteiger partial charge in [-0.25, -0.2) is 0 Å². The van der Waals surface area contributed by atoms with Gasteiger partial charge in [0.1, 0.15) is 0 Å². The van der Waals surface area contributed by atoms with E-state index in [9.17, 15) is 0 Å². The maximum absolute atomic E-state index is 3.81. The van der Waals surface area contributed by atoms with Crippen LogP contribution in [-0.2, 0) is 0 Å². The van der Waals surface area contributed by atoms with Crippen molar-refractivity contribution in [1.29, 1.82) is 0 Å². The van der Waals surface area contributed by atoms with Crippen LogP contribution in [0.25, 0.3) is 0 Å². The summed E-state index contributed by atoms with van der Waals surface area (Å²) < 4.78 is 0. The van der Waals surface area contributed by atoms with Gasteiger partial charge < -0.3 is 0 Å². The Labute approximate surface area is 47.8 Å². The molecule has 0 spiro atoms. The van der Waals surface area contributed by atoms with Crippen LogP contribution >= 0.6 is 0 Å². The standard InChI is InChI=1S/C5H7N3/c1-5-3-2-4-6-8-7-5/h2-4,8H,1H3. The van der Waals surface area contributed by atoms with Gasteiger partial charge in [0.25, 0.3) is 0 Å². The molecule has 0 aromatic heterocycles. The molecule has 0 aliphatic carbocycles. The highest BCUT2D eigenvalue weighted by Crippen LogP contribution is 1.80. The summed E-state index contributed by atoms with van der Waals surface area (Å²) in [5, 5.41) is 7.48. The summed E-state index contributed by atoms with van der Waals surface area (Å²) in [6, 6.07) is 0. The highest BCUT2D eigenvalue weighted by atomic mass is 15.5. The maximum Gasteiger partial charge on any atom is 0.0593 e. The predicted octanol–water partition coefficient (Wildman–Crippen LogP) is 0.508. The number of allylic oxidation sites excluding steroid dienone is 2. The van der Waals surface area contributed by atoms with Gasteiger partial charge in [0.2, 0.25) is 0 Å². The van der Waals surface area contributed by atoms with Crippen molar-refractivity contribution in [2.75, 3.05) is 0 Å². The Bertz CT molecular complexity index is 152. The van der Waals surface area contributed by atoms with Crippen molar-refractivity contribution in [2.45, 2.75) is 6.92 Å².